The van der Waals surface area contributed by atoms with Crippen molar-refractivity contribution in [3.63, 3.8) is 0 Å². The summed E-state index contributed by atoms with van der Waals surface area (Å²) >= 11 is 0. The maximum atomic E-state index is 13.0. The zero-order valence-electron chi connectivity index (χ0n) is 18.0. The first-order chi connectivity index (χ1) is 15.2. The van der Waals surface area contributed by atoms with Gasteiger partial charge >= 0.3 is 0 Å². The predicted molar refractivity (Wildman–Crippen MR) is 121 cm³/mol. The van der Waals surface area contributed by atoms with Crippen LogP contribution in [0.4, 0.5) is 0 Å². The maximum absolute atomic E-state index is 13.0. The van der Waals surface area contributed by atoms with Crippen LogP contribution in [0.3, 0.4) is 0 Å². The number of nitrogens with zero attached hydrogens (tertiary/aromatic N) is 1. The summed E-state index contributed by atoms with van der Waals surface area (Å²) in [5, 5.41) is 3.24. The van der Waals surface area contributed by atoms with E-state index in [1.165, 1.54) is 11.1 Å². The van der Waals surface area contributed by atoms with Crippen molar-refractivity contribution in [3.8, 4) is 11.5 Å². The van der Waals surface area contributed by atoms with E-state index in [1.807, 2.05) is 48.5 Å². The fraction of sp³-hybridized carbons (Fsp3) is 0.269. The molecule has 0 radical (unpaired) electrons. The molecule has 0 fully saturated rings. The van der Waals surface area contributed by atoms with Gasteiger partial charge < -0.3 is 14.8 Å². The van der Waals surface area contributed by atoms with E-state index in [0.29, 0.717) is 13.1 Å². The summed E-state index contributed by atoms with van der Waals surface area (Å²) in [4.78, 5) is 15.2. The number of nitrogens with one attached hydrogen (secondary N) is 1. The summed E-state index contributed by atoms with van der Waals surface area (Å²) in [6.45, 7) is 1.89. The SMILES string of the molecule is COc1cc2c(cc1OC)CN(CC(=O)NC(c1ccccc1)c1ccccc1)CC2. The molecule has 1 heterocycles. The number of carbonyl (C=O) groups excluding carboxylic acids is 1. The molecular weight excluding hydrogens is 388 g/mol. The molecule has 1 N–H and O–H groups in total. The molecule has 31 heavy (non-hydrogen) atoms. The standard InChI is InChI=1S/C26H28N2O3/c1-30-23-15-21-13-14-28(17-22(21)16-24(23)31-2)18-25(29)27-26(19-9-5-3-6-10-19)20-11-7-4-8-12-20/h3-12,15-16,26H,13-14,17-18H2,1-2H3,(H,27,29). The van der Waals surface area contributed by atoms with Gasteiger partial charge in [-0.05, 0) is 40.8 Å². The molecule has 0 unspecified atom stereocenters. The Bertz CT molecular complexity index is 982. The Morgan fingerprint density at radius 2 is 1.45 bits per heavy atom. The van der Waals surface area contributed by atoms with Crippen LogP contribution in [-0.4, -0.2) is 38.1 Å². The summed E-state index contributed by atoms with van der Waals surface area (Å²) in [5.41, 5.74) is 4.57. The predicted octanol–water partition coefficient (Wildman–Crippen LogP) is 3.97. The third-order valence-electron chi connectivity index (χ3n) is 5.74. The maximum Gasteiger partial charge on any atom is 0.234 e. The number of rotatable bonds is 7. The molecule has 3 aromatic carbocycles. The zero-order valence-corrected chi connectivity index (χ0v) is 18.0. The quantitative estimate of drug-likeness (QED) is 0.633. The Morgan fingerprint density at radius 3 is 2.00 bits per heavy atom. The molecule has 0 saturated carbocycles. The highest BCUT2D eigenvalue weighted by Gasteiger charge is 2.23. The van der Waals surface area contributed by atoms with Crippen molar-refractivity contribution in [1.29, 1.82) is 0 Å². The lowest BCUT2D eigenvalue weighted by Gasteiger charge is -2.30. The number of carbonyl (C=O) groups is 1. The Hall–Kier alpha value is -3.31. The van der Waals surface area contributed by atoms with Gasteiger partial charge in [-0.3, -0.25) is 9.69 Å². The van der Waals surface area contributed by atoms with E-state index >= 15 is 0 Å². The first kappa shape index (κ1) is 20.9. The topological polar surface area (TPSA) is 50.8 Å². The van der Waals surface area contributed by atoms with E-state index in [2.05, 4.69) is 34.5 Å². The molecule has 0 spiro atoms. The van der Waals surface area contributed by atoms with Gasteiger partial charge in [0.2, 0.25) is 5.91 Å². The molecule has 5 nitrogen and oxygen atoms in total. The van der Waals surface area contributed by atoms with E-state index in [0.717, 1.165) is 35.6 Å². The van der Waals surface area contributed by atoms with Gasteiger partial charge in [-0.2, -0.15) is 0 Å². The third-order valence-corrected chi connectivity index (χ3v) is 5.74. The van der Waals surface area contributed by atoms with Gasteiger partial charge in [0.15, 0.2) is 11.5 Å². The van der Waals surface area contributed by atoms with Gasteiger partial charge in [0, 0.05) is 13.1 Å². The lowest BCUT2D eigenvalue weighted by Crippen LogP contribution is -2.41. The summed E-state index contributed by atoms with van der Waals surface area (Å²) in [6.07, 6.45) is 0.879. The Labute approximate surface area is 183 Å². The molecule has 0 aromatic heterocycles. The van der Waals surface area contributed by atoms with E-state index in [-0.39, 0.29) is 11.9 Å². The van der Waals surface area contributed by atoms with Crippen molar-refractivity contribution in [3.05, 3.63) is 95.1 Å². The number of methoxy groups -OCH3 is 2. The number of hydrogen-bond acceptors (Lipinski definition) is 4. The number of fused-ring (bicyclic) bond motifs is 1. The van der Waals surface area contributed by atoms with Gasteiger partial charge in [0.05, 0.1) is 26.8 Å². The van der Waals surface area contributed by atoms with Gasteiger partial charge in [0.1, 0.15) is 0 Å². The molecule has 3 aromatic rings. The Kier molecular flexibility index (Phi) is 6.53. The number of benzene rings is 3. The van der Waals surface area contributed by atoms with Crippen molar-refractivity contribution in [2.45, 2.75) is 19.0 Å². The minimum atomic E-state index is -0.170. The van der Waals surface area contributed by atoms with Crippen LogP contribution in [0.1, 0.15) is 28.3 Å². The van der Waals surface area contributed by atoms with E-state index in [1.54, 1.807) is 14.2 Å². The first-order valence-electron chi connectivity index (χ1n) is 10.5. The molecule has 1 aliphatic rings. The second-order valence-electron chi connectivity index (χ2n) is 7.76. The van der Waals surface area contributed by atoms with Crippen LogP contribution in [0, 0.1) is 0 Å². The van der Waals surface area contributed by atoms with Gasteiger partial charge in [-0.1, -0.05) is 60.7 Å². The summed E-state index contributed by atoms with van der Waals surface area (Å²) < 4.78 is 10.9. The van der Waals surface area contributed by atoms with Crippen molar-refractivity contribution >= 4 is 5.91 Å². The second kappa shape index (κ2) is 9.67. The summed E-state index contributed by atoms with van der Waals surface area (Å²) in [5.74, 6) is 1.49. The molecule has 1 amide bonds. The van der Waals surface area contributed by atoms with Crippen LogP contribution in [0.5, 0.6) is 11.5 Å². The highest BCUT2D eigenvalue weighted by molar-refractivity contribution is 5.79. The highest BCUT2D eigenvalue weighted by atomic mass is 16.5. The van der Waals surface area contributed by atoms with E-state index in [9.17, 15) is 4.79 Å². The molecule has 160 valence electrons. The lowest BCUT2D eigenvalue weighted by molar-refractivity contribution is -0.123. The molecule has 1 aliphatic heterocycles. The van der Waals surface area contributed by atoms with Crippen molar-refractivity contribution in [2.24, 2.45) is 0 Å². The highest BCUT2D eigenvalue weighted by Crippen LogP contribution is 2.33. The van der Waals surface area contributed by atoms with Crippen LogP contribution in [0.25, 0.3) is 0 Å². The van der Waals surface area contributed by atoms with Crippen LogP contribution in [0.15, 0.2) is 72.8 Å². The lowest BCUT2D eigenvalue weighted by atomic mass is 9.98. The molecule has 0 aliphatic carbocycles. The smallest absolute Gasteiger partial charge is 0.234 e. The molecule has 0 saturated heterocycles. The second-order valence-corrected chi connectivity index (χ2v) is 7.76. The first-order valence-corrected chi connectivity index (χ1v) is 10.5. The van der Waals surface area contributed by atoms with Crippen molar-refractivity contribution in [1.82, 2.24) is 10.2 Å². The Morgan fingerprint density at radius 1 is 0.903 bits per heavy atom. The third kappa shape index (κ3) is 4.89. The average molecular weight is 417 g/mol. The Balaban J connectivity index is 1.47. The van der Waals surface area contributed by atoms with E-state index < -0.39 is 0 Å². The monoisotopic (exact) mass is 416 g/mol. The van der Waals surface area contributed by atoms with Crippen molar-refractivity contribution in [2.75, 3.05) is 27.3 Å². The largest absolute Gasteiger partial charge is 0.493 e. The van der Waals surface area contributed by atoms with Crippen LogP contribution in [-0.2, 0) is 17.8 Å². The van der Waals surface area contributed by atoms with Gasteiger partial charge in [0.25, 0.3) is 0 Å². The molecule has 5 heteroatoms. The average Bonchev–Trinajstić information content (AvgIpc) is 2.82. The van der Waals surface area contributed by atoms with Crippen LogP contribution < -0.4 is 14.8 Å². The minimum absolute atomic E-state index is 0.0154. The van der Waals surface area contributed by atoms with Gasteiger partial charge in [-0.15, -0.1) is 0 Å². The zero-order chi connectivity index (χ0) is 21.6. The number of ether oxygens (including phenoxy) is 2. The molecule has 0 bridgehead atoms. The van der Waals surface area contributed by atoms with Crippen LogP contribution >= 0.6 is 0 Å². The molecular formula is C26H28N2O3. The minimum Gasteiger partial charge on any atom is -0.493 e. The fourth-order valence-corrected chi connectivity index (χ4v) is 4.14. The summed E-state index contributed by atoms with van der Waals surface area (Å²) in [6, 6.07) is 24.1. The van der Waals surface area contributed by atoms with E-state index in [4.69, 9.17) is 9.47 Å². The summed E-state index contributed by atoms with van der Waals surface area (Å²) in [7, 11) is 3.30. The normalized spacial score (nSPS) is 13.5. The number of hydrogen-bond donors (Lipinski definition) is 1. The fourth-order valence-electron chi connectivity index (χ4n) is 4.14. The van der Waals surface area contributed by atoms with Crippen LogP contribution in [0.2, 0.25) is 0 Å². The molecule has 0 atom stereocenters. The molecule has 4 rings (SSSR count). The van der Waals surface area contributed by atoms with Crippen molar-refractivity contribution < 1.29 is 14.3 Å². The number of amides is 1. The van der Waals surface area contributed by atoms with Gasteiger partial charge in [-0.25, -0.2) is 0 Å².